The Labute approximate surface area is 226 Å². The molecule has 0 aliphatic heterocycles. The normalized spacial score (nSPS) is 12.2. The zero-order valence-corrected chi connectivity index (χ0v) is 22.5. The molecule has 8 nitrogen and oxygen atoms in total. The van der Waals surface area contributed by atoms with Gasteiger partial charge in [0.15, 0.2) is 0 Å². The van der Waals surface area contributed by atoms with E-state index in [0.717, 1.165) is 62.6 Å². The Morgan fingerprint density at radius 2 is 1.92 bits per heavy atom. The highest BCUT2D eigenvalue weighted by Crippen LogP contribution is 2.34. The largest absolute Gasteiger partial charge is 0.384 e. The van der Waals surface area contributed by atoms with Gasteiger partial charge in [-0.05, 0) is 75.5 Å². The van der Waals surface area contributed by atoms with Gasteiger partial charge in [-0.3, -0.25) is 5.10 Å². The predicted octanol–water partition coefficient (Wildman–Crippen LogP) is 5.84. The fraction of sp³-hybridized carbons (Fsp3) is 0.200. The smallest absolute Gasteiger partial charge is 0.135 e. The number of halogens is 1. The third-order valence-electron chi connectivity index (χ3n) is 6.38. The Balaban J connectivity index is 1.54. The molecule has 1 aromatic carbocycles. The van der Waals surface area contributed by atoms with Crippen LogP contribution in [0.4, 0.5) is 10.1 Å². The molecule has 0 spiro atoms. The van der Waals surface area contributed by atoms with Crippen molar-refractivity contribution in [3.05, 3.63) is 96.0 Å². The molecule has 0 amide bonds. The number of hydrogen-bond acceptors (Lipinski definition) is 6. The average Bonchev–Trinajstić information content (AvgIpc) is 3.52. The van der Waals surface area contributed by atoms with Crippen molar-refractivity contribution in [3.8, 4) is 22.6 Å². The number of fused-ring (bicyclic) bond motifs is 1. The van der Waals surface area contributed by atoms with Gasteiger partial charge >= 0.3 is 0 Å². The first-order chi connectivity index (χ1) is 18.9. The molecule has 0 atom stereocenters. The van der Waals surface area contributed by atoms with Crippen molar-refractivity contribution in [2.45, 2.75) is 13.8 Å². The van der Waals surface area contributed by atoms with Crippen LogP contribution in [0, 0.1) is 12.7 Å². The van der Waals surface area contributed by atoms with E-state index in [1.807, 2.05) is 70.4 Å². The fourth-order valence-electron chi connectivity index (χ4n) is 4.45. The van der Waals surface area contributed by atoms with Crippen LogP contribution >= 0.6 is 0 Å². The molecule has 0 saturated carbocycles. The Morgan fingerprint density at radius 3 is 2.69 bits per heavy atom. The van der Waals surface area contributed by atoms with E-state index in [2.05, 4.69) is 35.4 Å². The maximum Gasteiger partial charge on any atom is 0.135 e. The fourth-order valence-corrected chi connectivity index (χ4v) is 4.45. The molecule has 4 heterocycles. The summed E-state index contributed by atoms with van der Waals surface area (Å²) in [6.07, 6.45) is 10.9. The maximum atomic E-state index is 14.8. The molecule has 0 radical (unpaired) electrons. The van der Waals surface area contributed by atoms with Crippen molar-refractivity contribution in [1.82, 2.24) is 35.0 Å². The van der Waals surface area contributed by atoms with Crippen LogP contribution in [0.2, 0.25) is 0 Å². The van der Waals surface area contributed by atoms with Crippen molar-refractivity contribution in [1.29, 1.82) is 0 Å². The first-order valence-corrected chi connectivity index (χ1v) is 12.8. The molecular weight excluding hydrogens is 491 g/mol. The van der Waals surface area contributed by atoms with Crippen molar-refractivity contribution >= 4 is 22.3 Å². The number of nitrogens with one attached hydrogen (secondary N) is 3. The molecule has 0 bridgehead atoms. The molecule has 0 aliphatic carbocycles. The summed E-state index contributed by atoms with van der Waals surface area (Å²) in [4.78, 5) is 18.6. The van der Waals surface area contributed by atoms with Crippen LogP contribution in [0.25, 0.3) is 39.3 Å². The van der Waals surface area contributed by atoms with Crippen LogP contribution in [0.5, 0.6) is 0 Å². The molecule has 5 aromatic rings. The zero-order valence-electron chi connectivity index (χ0n) is 22.5. The highest BCUT2D eigenvalue weighted by Gasteiger charge is 2.18. The Bertz CT molecular complexity index is 1650. The number of rotatable bonds is 9. The second-order valence-electron chi connectivity index (χ2n) is 9.58. The first-order valence-electron chi connectivity index (χ1n) is 12.8. The Kier molecular flexibility index (Phi) is 7.60. The van der Waals surface area contributed by atoms with Gasteiger partial charge in [-0.15, -0.1) is 0 Å². The molecular formula is C30H31FN8. The lowest BCUT2D eigenvalue weighted by molar-refractivity contribution is 0.425. The summed E-state index contributed by atoms with van der Waals surface area (Å²) in [6.45, 7) is 5.53. The summed E-state index contributed by atoms with van der Waals surface area (Å²) in [5.74, 6) is -0.292. The molecule has 5 rings (SSSR count). The van der Waals surface area contributed by atoms with Crippen LogP contribution in [0.1, 0.15) is 23.7 Å². The van der Waals surface area contributed by atoms with Gasteiger partial charge in [-0.2, -0.15) is 5.10 Å². The average molecular weight is 523 g/mol. The highest BCUT2D eigenvalue weighted by molar-refractivity contribution is 5.92. The predicted molar refractivity (Wildman–Crippen MR) is 155 cm³/mol. The number of likely N-dealkylation sites (N-methyl/N-ethyl adjacent to an activating group) is 1. The van der Waals surface area contributed by atoms with E-state index >= 15 is 0 Å². The number of aryl methyl sites for hydroxylation is 1. The van der Waals surface area contributed by atoms with Gasteiger partial charge in [0.2, 0.25) is 0 Å². The van der Waals surface area contributed by atoms with Crippen LogP contribution in [-0.4, -0.2) is 62.2 Å². The van der Waals surface area contributed by atoms with Gasteiger partial charge in [-0.25, -0.2) is 19.3 Å². The lowest BCUT2D eigenvalue weighted by Crippen LogP contribution is -2.20. The maximum absolute atomic E-state index is 14.8. The van der Waals surface area contributed by atoms with Crippen LogP contribution in [-0.2, 0) is 0 Å². The number of nitrogens with zero attached hydrogens (tertiary/aromatic N) is 5. The molecule has 4 aromatic heterocycles. The number of pyridine rings is 1. The topological polar surface area (TPSA) is 98.4 Å². The number of anilines is 1. The minimum absolute atomic E-state index is 0.292. The molecule has 0 aliphatic rings. The van der Waals surface area contributed by atoms with E-state index in [1.165, 1.54) is 12.4 Å². The lowest BCUT2D eigenvalue weighted by atomic mass is 9.96. The zero-order chi connectivity index (χ0) is 27.4. The van der Waals surface area contributed by atoms with Crippen LogP contribution in [0.15, 0.2) is 73.3 Å². The van der Waals surface area contributed by atoms with Crippen molar-refractivity contribution in [2.75, 3.05) is 32.5 Å². The molecule has 198 valence electrons. The Hall–Kier alpha value is -4.63. The molecule has 0 unspecified atom stereocenters. The van der Waals surface area contributed by atoms with Gasteiger partial charge in [0, 0.05) is 48.0 Å². The number of H-pyrrole nitrogens is 2. The summed E-state index contributed by atoms with van der Waals surface area (Å²) >= 11 is 0. The van der Waals surface area contributed by atoms with E-state index in [9.17, 15) is 4.39 Å². The molecule has 9 heteroatoms. The Morgan fingerprint density at radius 1 is 1.10 bits per heavy atom. The van der Waals surface area contributed by atoms with Crippen molar-refractivity contribution in [2.24, 2.45) is 0 Å². The SMILES string of the molecule is C/C=C\C=C(\c1cc(F)cc(NCCN(C)C)c1)c1cc(-c2n[nH]c3ccc(-c4cncnc4)nc23)[nH]c1C. The minimum atomic E-state index is -0.292. The molecule has 0 fully saturated rings. The summed E-state index contributed by atoms with van der Waals surface area (Å²) in [6, 6.07) is 11.0. The summed E-state index contributed by atoms with van der Waals surface area (Å²) in [7, 11) is 4.02. The van der Waals surface area contributed by atoms with Gasteiger partial charge in [0.1, 0.15) is 23.4 Å². The number of allylic oxidation sites excluding steroid dienone is 3. The summed E-state index contributed by atoms with van der Waals surface area (Å²) in [5, 5.41) is 11.0. The summed E-state index contributed by atoms with van der Waals surface area (Å²) in [5.41, 5.74) is 8.99. The number of hydrogen-bond donors (Lipinski definition) is 3. The third-order valence-corrected chi connectivity index (χ3v) is 6.38. The van der Waals surface area contributed by atoms with Crippen molar-refractivity contribution in [3.63, 3.8) is 0 Å². The van der Waals surface area contributed by atoms with Gasteiger partial charge in [-0.1, -0.05) is 18.2 Å². The molecule has 0 saturated heterocycles. The van der Waals surface area contributed by atoms with Gasteiger partial charge in [0.05, 0.1) is 16.9 Å². The first kappa shape index (κ1) is 26.0. The second kappa shape index (κ2) is 11.4. The van der Waals surface area contributed by atoms with E-state index in [1.54, 1.807) is 18.5 Å². The molecule has 39 heavy (non-hydrogen) atoms. The standard InChI is InChI=1S/C30H31FN8/c1-5-6-7-24(20-12-22(31)14-23(13-20)34-10-11-39(3)4)25-15-28(35-19(25)2)30-29-27(37-38-30)9-8-26(36-29)21-16-32-18-33-17-21/h5-9,12-18,34-35H,10-11H2,1-4H3,(H,37,38)/b6-5-,24-7-. The number of aromatic nitrogens is 6. The third kappa shape index (κ3) is 5.78. The number of aromatic amines is 2. The summed E-state index contributed by atoms with van der Waals surface area (Å²) < 4.78 is 14.8. The minimum Gasteiger partial charge on any atom is -0.384 e. The number of benzene rings is 1. The van der Waals surface area contributed by atoms with Gasteiger partial charge in [0.25, 0.3) is 0 Å². The monoisotopic (exact) mass is 522 g/mol. The van der Waals surface area contributed by atoms with E-state index in [4.69, 9.17) is 4.98 Å². The lowest BCUT2D eigenvalue weighted by Gasteiger charge is -2.14. The van der Waals surface area contributed by atoms with Gasteiger partial charge < -0.3 is 15.2 Å². The highest BCUT2D eigenvalue weighted by atomic mass is 19.1. The van der Waals surface area contributed by atoms with Crippen LogP contribution < -0.4 is 5.32 Å². The van der Waals surface area contributed by atoms with Crippen LogP contribution in [0.3, 0.4) is 0 Å². The van der Waals surface area contributed by atoms with E-state index in [-0.39, 0.29) is 5.82 Å². The quantitative estimate of drug-likeness (QED) is 0.211. The second-order valence-corrected chi connectivity index (χ2v) is 9.58. The van der Waals surface area contributed by atoms with E-state index < -0.39 is 0 Å². The van der Waals surface area contributed by atoms with E-state index in [0.29, 0.717) is 12.2 Å². The molecule has 3 N–H and O–H groups in total. The van der Waals surface area contributed by atoms with Crippen molar-refractivity contribution < 1.29 is 4.39 Å².